The maximum atomic E-state index is 12.7. The highest BCUT2D eigenvalue weighted by atomic mass is 32.2. The fourth-order valence-electron chi connectivity index (χ4n) is 3.61. The highest BCUT2D eigenvalue weighted by Crippen LogP contribution is 2.34. The minimum atomic E-state index is -3.64. The Morgan fingerprint density at radius 1 is 1.21 bits per heavy atom. The van der Waals surface area contributed by atoms with Gasteiger partial charge in [0.15, 0.2) is 0 Å². The number of nitrogens with zero attached hydrogens (tertiary/aromatic N) is 1. The number of thioether (sulfide) groups is 1. The second kappa shape index (κ2) is 8.47. The molecule has 0 saturated heterocycles. The lowest BCUT2D eigenvalue weighted by atomic mass is 10.0. The van der Waals surface area contributed by atoms with Gasteiger partial charge < -0.3 is 5.32 Å². The van der Waals surface area contributed by atoms with Gasteiger partial charge in [-0.15, -0.1) is 11.8 Å². The number of carbonyl (C=O) groups is 1. The van der Waals surface area contributed by atoms with Crippen LogP contribution in [-0.2, 0) is 27.8 Å². The van der Waals surface area contributed by atoms with E-state index in [4.69, 9.17) is 0 Å². The predicted molar refractivity (Wildman–Crippen MR) is 116 cm³/mol. The Kier molecular flexibility index (Phi) is 5.96. The molecular formula is C21H25N3O3S2. The van der Waals surface area contributed by atoms with Gasteiger partial charge >= 0.3 is 0 Å². The molecule has 0 fully saturated rings. The number of amides is 1. The molecule has 0 saturated carbocycles. The largest absolute Gasteiger partial charge is 0.325 e. The number of nitrogens with one attached hydrogen (secondary N) is 2. The molecule has 0 aliphatic carbocycles. The van der Waals surface area contributed by atoms with Crippen molar-refractivity contribution < 1.29 is 13.2 Å². The van der Waals surface area contributed by atoms with Gasteiger partial charge in [-0.05, 0) is 35.7 Å². The molecule has 1 amide bonds. The predicted octanol–water partition coefficient (Wildman–Crippen LogP) is 2.70. The lowest BCUT2D eigenvalue weighted by Gasteiger charge is -2.28. The molecule has 0 unspecified atom stereocenters. The smallest absolute Gasteiger partial charge is 0.240 e. The van der Waals surface area contributed by atoms with Gasteiger partial charge in [0.1, 0.15) is 0 Å². The first kappa shape index (κ1) is 20.4. The Hall–Kier alpha value is -1.87. The van der Waals surface area contributed by atoms with E-state index in [2.05, 4.69) is 33.1 Å². The van der Waals surface area contributed by atoms with Gasteiger partial charge in [0.2, 0.25) is 15.9 Å². The zero-order valence-corrected chi connectivity index (χ0v) is 18.0. The highest BCUT2D eigenvalue weighted by Gasteiger charge is 2.23. The third kappa shape index (κ3) is 4.66. The normalized spacial score (nSPS) is 19.8. The van der Waals surface area contributed by atoms with E-state index in [9.17, 15) is 13.2 Å². The summed E-state index contributed by atoms with van der Waals surface area (Å²) >= 11 is 1.57. The monoisotopic (exact) mass is 431 g/mol. The first-order valence-corrected chi connectivity index (χ1v) is 12.3. The standard InChI is InChI=1S/C21H25N3O3S2/c1-15-14-28-20-7-6-18(12-19(20)23-21(15)25)29(26,27)22-9-11-24-10-8-16-4-2-3-5-17(16)13-24/h2-7,12,15,22H,8-11,13-14H2,1H3,(H,23,25)/t15-/m0/s1. The third-order valence-electron chi connectivity index (χ3n) is 5.39. The van der Waals surface area contributed by atoms with E-state index in [1.165, 1.54) is 11.1 Å². The van der Waals surface area contributed by atoms with Crippen LogP contribution >= 0.6 is 11.8 Å². The van der Waals surface area contributed by atoms with Crippen molar-refractivity contribution in [2.45, 2.75) is 29.7 Å². The van der Waals surface area contributed by atoms with Crippen molar-refractivity contribution in [3.8, 4) is 0 Å². The Labute approximate surface area is 176 Å². The van der Waals surface area contributed by atoms with Gasteiger partial charge in [-0.2, -0.15) is 0 Å². The summed E-state index contributed by atoms with van der Waals surface area (Å²) in [6, 6.07) is 13.3. The van der Waals surface area contributed by atoms with Gasteiger partial charge in [0, 0.05) is 42.7 Å². The van der Waals surface area contributed by atoms with Crippen molar-refractivity contribution in [3.63, 3.8) is 0 Å². The number of hydrogen-bond acceptors (Lipinski definition) is 5. The minimum absolute atomic E-state index is 0.0795. The lowest BCUT2D eigenvalue weighted by molar-refractivity contribution is -0.118. The SMILES string of the molecule is C[C@H]1CSc2ccc(S(=O)(=O)NCCN3CCc4ccccc4C3)cc2NC1=O. The molecule has 2 aromatic carbocycles. The summed E-state index contributed by atoms with van der Waals surface area (Å²) in [5.41, 5.74) is 3.26. The van der Waals surface area contributed by atoms with Crippen LogP contribution in [0.2, 0.25) is 0 Å². The van der Waals surface area contributed by atoms with Crippen molar-refractivity contribution in [2.75, 3.05) is 30.7 Å². The number of carbonyl (C=O) groups excluding carboxylic acids is 1. The van der Waals surface area contributed by atoms with Crippen LogP contribution in [0, 0.1) is 5.92 Å². The summed E-state index contributed by atoms with van der Waals surface area (Å²) in [6.45, 7) is 4.64. The van der Waals surface area contributed by atoms with Gasteiger partial charge in [0.05, 0.1) is 10.6 Å². The molecule has 1 atom stereocenters. The molecule has 8 heteroatoms. The molecule has 4 rings (SSSR count). The van der Waals surface area contributed by atoms with Gasteiger partial charge in [-0.1, -0.05) is 31.2 Å². The van der Waals surface area contributed by atoms with E-state index >= 15 is 0 Å². The van der Waals surface area contributed by atoms with E-state index in [1.807, 2.05) is 13.0 Å². The van der Waals surface area contributed by atoms with Crippen molar-refractivity contribution in [1.29, 1.82) is 0 Å². The second-order valence-electron chi connectivity index (χ2n) is 7.55. The molecule has 6 nitrogen and oxygen atoms in total. The molecule has 0 bridgehead atoms. The zero-order chi connectivity index (χ0) is 20.4. The average Bonchev–Trinajstić information content (AvgIpc) is 2.85. The molecule has 2 aromatic rings. The third-order valence-corrected chi connectivity index (χ3v) is 8.18. The maximum absolute atomic E-state index is 12.7. The molecule has 2 heterocycles. The number of rotatable bonds is 5. The van der Waals surface area contributed by atoms with E-state index in [0.29, 0.717) is 24.5 Å². The Balaban J connectivity index is 1.38. The molecule has 2 aliphatic heterocycles. The van der Waals surface area contributed by atoms with Crippen LogP contribution < -0.4 is 10.0 Å². The quantitative estimate of drug-likeness (QED) is 0.761. The Morgan fingerprint density at radius 2 is 2.00 bits per heavy atom. The van der Waals surface area contributed by atoms with Gasteiger partial charge in [0.25, 0.3) is 0 Å². The molecule has 29 heavy (non-hydrogen) atoms. The fraction of sp³-hybridized carbons (Fsp3) is 0.381. The lowest BCUT2D eigenvalue weighted by Crippen LogP contribution is -2.37. The summed E-state index contributed by atoms with van der Waals surface area (Å²) in [4.78, 5) is 15.4. The molecule has 154 valence electrons. The van der Waals surface area contributed by atoms with Crippen molar-refractivity contribution in [1.82, 2.24) is 9.62 Å². The van der Waals surface area contributed by atoms with E-state index in [-0.39, 0.29) is 16.7 Å². The van der Waals surface area contributed by atoms with Crippen molar-refractivity contribution in [3.05, 3.63) is 53.6 Å². The number of hydrogen-bond donors (Lipinski definition) is 2. The molecule has 2 N–H and O–H groups in total. The van der Waals surface area contributed by atoms with Crippen LogP contribution in [0.5, 0.6) is 0 Å². The minimum Gasteiger partial charge on any atom is -0.325 e. The summed E-state index contributed by atoms with van der Waals surface area (Å²) in [5.74, 6) is 0.492. The summed E-state index contributed by atoms with van der Waals surface area (Å²) < 4.78 is 28.2. The molecule has 0 aromatic heterocycles. The summed E-state index contributed by atoms with van der Waals surface area (Å²) in [6.07, 6.45) is 0.990. The van der Waals surface area contributed by atoms with Crippen LogP contribution in [0.3, 0.4) is 0 Å². The molecule has 2 aliphatic rings. The Morgan fingerprint density at radius 3 is 2.83 bits per heavy atom. The summed E-state index contributed by atoms with van der Waals surface area (Å²) in [7, 11) is -3.64. The van der Waals surface area contributed by atoms with Crippen LogP contribution in [0.25, 0.3) is 0 Å². The van der Waals surface area contributed by atoms with Gasteiger partial charge in [-0.3, -0.25) is 9.69 Å². The first-order valence-electron chi connectivity index (χ1n) is 9.79. The Bertz CT molecular complexity index is 1020. The van der Waals surface area contributed by atoms with Crippen LogP contribution in [-0.4, -0.2) is 44.6 Å². The number of fused-ring (bicyclic) bond motifs is 2. The zero-order valence-electron chi connectivity index (χ0n) is 16.3. The van der Waals surface area contributed by atoms with Gasteiger partial charge in [-0.25, -0.2) is 13.1 Å². The van der Waals surface area contributed by atoms with E-state index in [0.717, 1.165) is 24.4 Å². The summed E-state index contributed by atoms with van der Waals surface area (Å²) in [5, 5.41) is 2.84. The number of sulfonamides is 1. The van der Waals surface area contributed by atoms with E-state index < -0.39 is 10.0 Å². The van der Waals surface area contributed by atoms with Crippen LogP contribution in [0.4, 0.5) is 5.69 Å². The maximum Gasteiger partial charge on any atom is 0.240 e. The topological polar surface area (TPSA) is 78.5 Å². The molecule has 0 radical (unpaired) electrons. The average molecular weight is 432 g/mol. The van der Waals surface area contributed by atoms with Crippen molar-refractivity contribution >= 4 is 33.4 Å². The first-order chi connectivity index (χ1) is 13.9. The molecule has 0 spiro atoms. The highest BCUT2D eigenvalue weighted by molar-refractivity contribution is 7.99. The van der Waals surface area contributed by atoms with Crippen molar-refractivity contribution in [2.24, 2.45) is 5.92 Å². The number of anilines is 1. The number of benzene rings is 2. The second-order valence-corrected chi connectivity index (χ2v) is 10.4. The van der Waals surface area contributed by atoms with Crippen LogP contribution in [0.15, 0.2) is 52.3 Å². The molecular weight excluding hydrogens is 406 g/mol. The fourth-order valence-corrected chi connectivity index (χ4v) is 5.67. The van der Waals surface area contributed by atoms with E-state index in [1.54, 1.807) is 30.0 Å². The van der Waals surface area contributed by atoms with Crippen LogP contribution in [0.1, 0.15) is 18.1 Å².